The Balaban J connectivity index is 2.13. The number of nitrogens with zero attached hydrogens (tertiary/aromatic N) is 1. The maximum Gasteiger partial charge on any atom is 0.129 e. The molecule has 1 fully saturated rings. The Kier molecular flexibility index (Phi) is 3.05. The second-order valence-electron chi connectivity index (χ2n) is 4.20. The summed E-state index contributed by atoms with van der Waals surface area (Å²) in [5.41, 5.74) is 3.76. The average molecular weight is 202 g/mol. The van der Waals surface area contributed by atoms with Crippen molar-refractivity contribution in [2.24, 2.45) is 0 Å². The van der Waals surface area contributed by atoms with E-state index < -0.39 is 0 Å². The third-order valence-corrected chi connectivity index (χ3v) is 2.93. The minimum Gasteiger partial charge on any atom is -0.407 e. The van der Waals surface area contributed by atoms with Crippen molar-refractivity contribution in [2.75, 3.05) is 18.4 Å². The topological polar surface area (TPSA) is 15.0 Å². The molecule has 1 aromatic rings. The summed E-state index contributed by atoms with van der Waals surface area (Å²) in [4.78, 5) is 0. The van der Waals surface area contributed by atoms with Crippen LogP contribution in [0.1, 0.15) is 24.0 Å². The van der Waals surface area contributed by atoms with E-state index in [0.29, 0.717) is 0 Å². The molecule has 0 aromatic heterocycles. The molecule has 0 amide bonds. The molecule has 15 heavy (non-hydrogen) atoms. The lowest BCUT2D eigenvalue weighted by Crippen LogP contribution is -2.14. The molecule has 1 heterocycles. The summed E-state index contributed by atoms with van der Waals surface area (Å²) in [6, 6.07) is 6.34. The smallest absolute Gasteiger partial charge is 0.129 e. The van der Waals surface area contributed by atoms with Crippen LogP contribution < -0.4 is 5.32 Å². The highest BCUT2D eigenvalue weighted by molar-refractivity contribution is 5.76. The third-order valence-electron chi connectivity index (χ3n) is 2.93. The van der Waals surface area contributed by atoms with E-state index in [0.717, 1.165) is 13.1 Å². The van der Waals surface area contributed by atoms with Gasteiger partial charge in [-0.25, -0.2) is 0 Å². The van der Waals surface area contributed by atoms with Gasteiger partial charge in [-0.2, -0.15) is 0 Å². The number of para-hydroxylation sites is 1. The van der Waals surface area contributed by atoms with Gasteiger partial charge < -0.3 is 9.89 Å². The van der Waals surface area contributed by atoms with Crippen LogP contribution in [-0.2, 0) is 0 Å². The first kappa shape index (κ1) is 10.2. The van der Waals surface area contributed by atoms with Crippen molar-refractivity contribution in [3.63, 3.8) is 0 Å². The lowest BCUT2D eigenvalue weighted by Gasteiger charge is -2.14. The van der Waals surface area contributed by atoms with E-state index in [2.05, 4.69) is 48.3 Å². The largest absolute Gasteiger partial charge is 0.407 e. The van der Waals surface area contributed by atoms with Gasteiger partial charge in [-0.05, 0) is 18.5 Å². The van der Waals surface area contributed by atoms with E-state index in [9.17, 15) is 0 Å². The van der Waals surface area contributed by atoms with Crippen molar-refractivity contribution >= 4 is 12.0 Å². The molecule has 0 unspecified atom stereocenters. The fourth-order valence-electron chi connectivity index (χ4n) is 1.98. The van der Waals surface area contributed by atoms with Gasteiger partial charge in [0.1, 0.15) is 6.34 Å². The Bertz CT molecular complexity index is 352. The molecular weight excluding hydrogens is 184 g/mol. The lowest BCUT2D eigenvalue weighted by molar-refractivity contribution is -0.501. The minimum absolute atomic E-state index is 1.14. The van der Waals surface area contributed by atoms with Gasteiger partial charge in [-0.3, -0.25) is 0 Å². The Morgan fingerprint density at radius 1 is 1.13 bits per heavy atom. The summed E-state index contributed by atoms with van der Waals surface area (Å²) in [5.74, 6) is 0. The van der Waals surface area contributed by atoms with Crippen LogP contribution in [0.4, 0.5) is 5.69 Å². The van der Waals surface area contributed by atoms with Crippen LogP contribution in [-0.4, -0.2) is 24.0 Å². The fourth-order valence-corrected chi connectivity index (χ4v) is 1.98. The monoisotopic (exact) mass is 202 g/mol. The number of hydrogen-bond donors (Lipinski definition) is 1. The zero-order valence-electron chi connectivity index (χ0n) is 9.51. The molecule has 1 aliphatic rings. The fraction of sp³-hybridized carbons (Fsp3) is 0.462. The van der Waals surface area contributed by atoms with Crippen LogP contribution in [0.15, 0.2) is 18.2 Å². The van der Waals surface area contributed by atoms with Crippen LogP contribution in [0.5, 0.6) is 0 Å². The van der Waals surface area contributed by atoms with Crippen LogP contribution in [0.3, 0.4) is 0 Å². The van der Waals surface area contributed by atoms with Gasteiger partial charge in [-0.1, -0.05) is 43.2 Å². The van der Waals surface area contributed by atoms with E-state index in [4.69, 9.17) is 0 Å². The van der Waals surface area contributed by atoms with Gasteiger partial charge in [0.05, 0.1) is 13.1 Å². The molecule has 0 saturated carbocycles. The SMILES string of the molecule is Cc1cccc(C)c1N[C-]=[N+]1CCCC1. The number of aryl methyl sites for hydroxylation is 2. The Morgan fingerprint density at radius 3 is 2.33 bits per heavy atom. The highest BCUT2D eigenvalue weighted by Gasteiger charge is 2.04. The van der Waals surface area contributed by atoms with Crippen molar-refractivity contribution in [2.45, 2.75) is 26.7 Å². The van der Waals surface area contributed by atoms with E-state index in [1.807, 2.05) is 0 Å². The third kappa shape index (κ3) is 2.38. The Labute approximate surface area is 91.6 Å². The summed E-state index contributed by atoms with van der Waals surface area (Å²) < 4.78 is 2.23. The molecule has 0 atom stereocenters. The average Bonchev–Trinajstić information content (AvgIpc) is 2.70. The van der Waals surface area contributed by atoms with Gasteiger partial charge in [0.15, 0.2) is 0 Å². The molecule has 1 saturated heterocycles. The molecule has 0 spiro atoms. The number of hydrogen-bond acceptors (Lipinski definition) is 0. The summed E-state index contributed by atoms with van der Waals surface area (Å²) in [6.45, 7) is 6.53. The van der Waals surface area contributed by atoms with Gasteiger partial charge in [0.2, 0.25) is 0 Å². The first-order valence-corrected chi connectivity index (χ1v) is 5.60. The number of rotatable bonds is 2. The first-order valence-electron chi connectivity index (χ1n) is 5.60. The van der Waals surface area contributed by atoms with Gasteiger partial charge in [-0.15, -0.1) is 0 Å². The van der Waals surface area contributed by atoms with Crippen LogP contribution in [0.25, 0.3) is 0 Å². The second-order valence-corrected chi connectivity index (χ2v) is 4.20. The van der Waals surface area contributed by atoms with E-state index in [1.165, 1.54) is 29.7 Å². The quantitative estimate of drug-likeness (QED) is 0.337. The number of benzene rings is 1. The number of nitrogens with one attached hydrogen (secondary N) is 1. The molecule has 1 aliphatic heterocycles. The maximum atomic E-state index is 3.30. The van der Waals surface area contributed by atoms with Crippen molar-refractivity contribution in [3.05, 3.63) is 29.3 Å². The van der Waals surface area contributed by atoms with E-state index >= 15 is 0 Å². The predicted molar refractivity (Wildman–Crippen MR) is 63.8 cm³/mol. The van der Waals surface area contributed by atoms with Crippen molar-refractivity contribution in [3.8, 4) is 0 Å². The summed E-state index contributed by atoms with van der Waals surface area (Å²) in [5, 5.41) is 3.30. The second kappa shape index (κ2) is 4.47. The molecule has 0 radical (unpaired) electrons. The number of anilines is 1. The highest BCUT2D eigenvalue weighted by atomic mass is 15.1. The predicted octanol–water partition coefficient (Wildman–Crippen LogP) is 2.43. The minimum atomic E-state index is 1.14. The standard InChI is InChI=1S/C13H18N2/c1-11-6-5-7-12(2)13(11)14-10-15-8-3-4-9-15/h5-7,14H,3-4,8-9H2,1-2H3. The van der Waals surface area contributed by atoms with Gasteiger partial charge >= 0.3 is 0 Å². The Hall–Kier alpha value is -1.31. The molecule has 1 N–H and O–H groups in total. The maximum absolute atomic E-state index is 3.30. The summed E-state index contributed by atoms with van der Waals surface area (Å²) in [7, 11) is 0. The zero-order chi connectivity index (χ0) is 10.7. The molecule has 2 heteroatoms. The van der Waals surface area contributed by atoms with Gasteiger partial charge in [0.25, 0.3) is 0 Å². The first-order chi connectivity index (χ1) is 7.27. The van der Waals surface area contributed by atoms with Gasteiger partial charge in [0, 0.05) is 0 Å². The van der Waals surface area contributed by atoms with Crippen molar-refractivity contribution < 1.29 is 4.58 Å². The molecule has 80 valence electrons. The lowest BCUT2D eigenvalue weighted by atomic mass is 10.1. The molecule has 0 aliphatic carbocycles. The van der Waals surface area contributed by atoms with Crippen molar-refractivity contribution in [1.29, 1.82) is 0 Å². The molecule has 0 bridgehead atoms. The van der Waals surface area contributed by atoms with Crippen LogP contribution >= 0.6 is 0 Å². The summed E-state index contributed by atoms with van der Waals surface area (Å²) in [6.07, 6.45) is 5.85. The molecule has 2 rings (SSSR count). The van der Waals surface area contributed by atoms with E-state index in [-0.39, 0.29) is 0 Å². The molecular formula is C13H18N2. The summed E-state index contributed by atoms with van der Waals surface area (Å²) >= 11 is 0. The molecule has 1 aromatic carbocycles. The van der Waals surface area contributed by atoms with Crippen LogP contribution in [0.2, 0.25) is 0 Å². The normalized spacial score (nSPS) is 15.5. The van der Waals surface area contributed by atoms with Crippen LogP contribution in [0, 0.1) is 13.8 Å². The Morgan fingerprint density at radius 2 is 1.73 bits per heavy atom. The van der Waals surface area contributed by atoms with E-state index in [1.54, 1.807) is 0 Å². The van der Waals surface area contributed by atoms with Crippen molar-refractivity contribution in [1.82, 2.24) is 0 Å². The highest BCUT2D eigenvalue weighted by Crippen LogP contribution is 2.18. The zero-order valence-corrected chi connectivity index (χ0v) is 9.51. The molecule has 2 nitrogen and oxygen atoms in total.